The number of nitrogens with two attached hydrogens (primary N) is 1. The number of rotatable bonds is 3. The molecule has 2 atom stereocenters. The summed E-state index contributed by atoms with van der Waals surface area (Å²) in [5.74, 6) is -0.472. The van der Waals surface area contributed by atoms with Gasteiger partial charge in [0.05, 0.1) is 11.6 Å². The molecule has 0 aliphatic heterocycles. The second-order valence-corrected chi connectivity index (χ2v) is 3.57. The summed E-state index contributed by atoms with van der Waals surface area (Å²) in [6.45, 7) is 3.28. The summed E-state index contributed by atoms with van der Waals surface area (Å²) in [5, 5.41) is 8.90. The molecule has 0 aromatic heterocycles. The van der Waals surface area contributed by atoms with Crippen LogP contribution in [0.25, 0.3) is 0 Å². The van der Waals surface area contributed by atoms with Crippen molar-refractivity contribution in [2.24, 2.45) is 5.73 Å². The Hall–Kier alpha value is -1.86. The number of nitriles is 1. The first-order valence-corrected chi connectivity index (χ1v) is 5.01. The van der Waals surface area contributed by atoms with E-state index < -0.39 is 18.1 Å². The van der Waals surface area contributed by atoms with Crippen molar-refractivity contribution < 1.29 is 9.53 Å². The van der Waals surface area contributed by atoms with Crippen LogP contribution in [0, 0.1) is 11.3 Å². The van der Waals surface area contributed by atoms with Crippen molar-refractivity contribution in [3.8, 4) is 6.07 Å². The first kappa shape index (κ1) is 12.2. The topological polar surface area (TPSA) is 76.1 Å². The number of ether oxygens (including phenoxy) is 1. The number of carbonyl (C=O) groups excluding carboxylic acids is 1. The van der Waals surface area contributed by atoms with Gasteiger partial charge >= 0.3 is 5.97 Å². The SMILES string of the molecule is CC(OC(=O)[C@H](C)N)c1ccccc1C#N. The molecule has 0 saturated carbocycles. The van der Waals surface area contributed by atoms with Gasteiger partial charge in [0.15, 0.2) is 0 Å². The summed E-state index contributed by atoms with van der Waals surface area (Å²) < 4.78 is 5.13. The van der Waals surface area contributed by atoms with E-state index in [0.717, 1.165) is 0 Å². The predicted molar refractivity (Wildman–Crippen MR) is 59.3 cm³/mol. The minimum absolute atomic E-state index is 0.464. The summed E-state index contributed by atoms with van der Waals surface area (Å²) in [6.07, 6.45) is -0.464. The number of carbonyl (C=O) groups is 1. The van der Waals surface area contributed by atoms with E-state index in [4.69, 9.17) is 15.7 Å². The molecular formula is C12H14N2O2. The number of esters is 1. The van der Waals surface area contributed by atoms with Crippen molar-refractivity contribution in [2.45, 2.75) is 26.0 Å². The van der Waals surface area contributed by atoms with Crippen molar-refractivity contribution in [1.29, 1.82) is 5.26 Å². The fourth-order valence-electron chi connectivity index (χ4n) is 1.30. The third-order valence-electron chi connectivity index (χ3n) is 2.18. The molecule has 0 heterocycles. The summed E-state index contributed by atoms with van der Waals surface area (Å²) in [7, 11) is 0. The maximum atomic E-state index is 11.3. The van der Waals surface area contributed by atoms with Crippen molar-refractivity contribution in [3.63, 3.8) is 0 Å². The van der Waals surface area contributed by atoms with E-state index in [-0.39, 0.29) is 0 Å². The molecule has 1 rings (SSSR count). The Morgan fingerprint density at radius 2 is 2.06 bits per heavy atom. The van der Waals surface area contributed by atoms with Crippen LogP contribution >= 0.6 is 0 Å². The van der Waals surface area contributed by atoms with E-state index in [1.807, 2.05) is 0 Å². The number of hydrogen-bond acceptors (Lipinski definition) is 4. The van der Waals surface area contributed by atoms with Crippen LogP contribution in [0.3, 0.4) is 0 Å². The molecule has 0 aliphatic rings. The average molecular weight is 218 g/mol. The molecule has 0 spiro atoms. The first-order valence-electron chi connectivity index (χ1n) is 5.01. The van der Waals surface area contributed by atoms with Gasteiger partial charge in [0.2, 0.25) is 0 Å². The lowest BCUT2D eigenvalue weighted by Gasteiger charge is -2.16. The number of nitrogens with zero attached hydrogens (tertiary/aromatic N) is 1. The van der Waals surface area contributed by atoms with E-state index in [1.165, 1.54) is 0 Å². The highest BCUT2D eigenvalue weighted by molar-refractivity contribution is 5.75. The quantitative estimate of drug-likeness (QED) is 0.780. The standard InChI is InChI=1S/C12H14N2O2/c1-8(14)12(15)16-9(2)11-6-4-3-5-10(11)7-13/h3-6,8-9H,14H2,1-2H3/t8-,9?/m0/s1. The van der Waals surface area contributed by atoms with Crippen LogP contribution in [0.1, 0.15) is 31.1 Å². The monoisotopic (exact) mass is 218 g/mol. The summed E-state index contributed by atoms with van der Waals surface area (Å²) >= 11 is 0. The lowest BCUT2D eigenvalue weighted by Crippen LogP contribution is -2.29. The van der Waals surface area contributed by atoms with Gasteiger partial charge in [-0.1, -0.05) is 18.2 Å². The molecular weight excluding hydrogens is 204 g/mol. The molecule has 0 saturated heterocycles. The van der Waals surface area contributed by atoms with E-state index in [9.17, 15) is 4.79 Å². The maximum Gasteiger partial charge on any atom is 0.323 e. The van der Waals surface area contributed by atoms with Gasteiger partial charge in [-0.2, -0.15) is 5.26 Å². The van der Waals surface area contributed by atoms with Crippen LogP contribution in [0.2, 0.25) is 0 Å². The normalized spacial score (nSPS) is 13.6. The zero-order valence-corrected chi connectivity index (χ0v) is 9.31. The Labute approximate surface area is 94.6 Å². The fraction of sp³-hybridized carbons (Fsp3) is 0.333. The molecule has 2 N–H and O–H groups in total. The molecule has 1 aromatic rings. The zero-order valence-electron chi connectivity index (χ0n) is 9.31. The van der Waals surface area contributed by atoms with Crippen molar-refractivity contribution >= 4 is 5.97 Å². The van der Waals surface area contributed by atoms with Crippen LogP contribution in [0.5, 0.6) is 0 Å². The van der Waals surface area contributed by atoms with Gasteiger partial charge < -0.3 is 10.5 Å². The maximum absolute atomic E-state index is 11.3. The van der Waals surface area contributed by atoms with E-state index in [1.54, 1.807) is 38.1 Å². The molecule has 4 heteroatoms. The van der Waals surface area contributed by atoms with Gasteiger partial charge in [-0.15, -0.1) is 0 Å². The summed E-state index contributed by atoms with van der Waals surface area (Å²) in [4.78, 5) is 11.3. The van der Waals surface area contributed by atoms with Crippen LogP contribution in [-0.2, 0) is 9.53 Å². The van der Waals surface area contributed by atoms with Gasteiger partial charge in [0.1, 0.15) is 12.1 Å². The Balaban J connectivity index is 2.85. The largest absolute Gasteiger partial charge is 0.457 e. The highest BCUT2D eigenvalue weighted by atomic mass is 16.5. The highest BCUT2D eigenvalue weighted by Crippen LogP contribution is 2.20. The second-order valence-electron chi connectivity index (χ2n) is 3.57. The van der Waals surface area contributed by atoms with Crippen LogP contribution in [0.4, 0.5) is 0 Å². The zero-order chi connectivity index (χ0) is 12.1. The van der Waals surface area contributed by atoms with Gasteiger partial charge in [-0.25, -0.2) is 0 Å². The molecule has 1 unspecified atom stereocenters. The van der Waals surface area contributed by atoms with Crippen LogP contribution in [-0.4, -0.2) is 12.0 Å². The molecule has 1 aromatic carbocycles. The minimum atomic E-state index is -0.656. The molecule has 84 valence electrons. The molecule has 0 bridgehead atoms. The smallest absolute Gasteiger partial charge is 0.323 e. The van der Waals surface area contributed by atoms with Gasteiger partial charge in [0.25, 0.3) is 0 Å². The summed E-state index contributed by atoms with van der Waals surface area (Å²) in [5.41, 5.74) is 6.59. The lowest BCUT2D eigenvalue weighted by molar-refractivity contribution is -0.149. The molecule has 4 nitrogen and oxygen atoms in total. The Kier molecular flexibility index (Phi) is 4.03. The van der Waals surface area contributed by atoms with Crippen molar-refractivity contribution in [2.75, 3.05) is 0 Å². The third-order valence-corrected chi connectivity index (χ3v) is 2.18. The minimum Gasteiger partial charge on any atom is -0.457 e. The second kappa shape index (κ2) is 5.29. The number of hydrogen-bond donors (Lipinski definition) is 1. The van der Waals surface area contributed by atoms with Gasteiger partial charge in [-0.3, -0.25) is 4.79 Å². The Bertz CT molecular complexity index is 421. The van der Waals surface area contributed by atoms with Crippen LogP contribution in [0.15, 0.2) is 24.3 Å². The molecule has 0 aliphatic carbocycles. The molecule has 0 amide bonds. The third kappa shape index (κ3) is 2.81. The van der Waals surface area contributed by atoms with Gasteiger partial charge in [0, 0.05) is 5.56 Å². The highest BCUT2D eigenvalue weighted by Gasteiger charge is 2.17. The van der Waals surface area contributed by atoms with E-state index in [0.29, 0.717) is 11.1 Å². The average Bonchev–Trinajstić information content (AvgIpc) is 2.28. The Morgan fingerprint density at radius 1 is 1.44 bits per heavy atom. The fourth-order valence-corrected chi connectivity index (χ4v) is 1.30. The lowest BCUT2D eigenvalue weighted by atomic mass is 10.0. The first-order chi connectivity index (χ1) is 7.56. The predicted octanol–water partition coefficient (Wildman–Crippen LogP) is 1.51. The molecule has 0 radical (unpaired) electrons. The van der Waals surface area contributed by atoms with E-state index in [2.05, 4.69) is 6.07 Å². The van der Waals surface area contributed by atoms with Crippen molar-refractivity contribution in [1.82, 2.24) is 0 Å². The Morgan fingerprint density at radius 3 is 2.62 bits per heavy atom. The summed E-state index contributed by atoms with van der Waals surface area (Å²) in [6, 6.07) is 8.41. The van der Waals surface area contributed by atoms with Crippen molar-refractivity contribution in [3.05, 3.63) is 35.4 Å². The molecule has 0 fully saturated rings. The van der Waals surface area contributed by atoms with E-state index >= 15 is 0 Å². The molecule has 16 heavy (non-hydrogen) atoms. The number of benzene rings is 1. The van der Waals surface area contributed by atoms with Gasteiger partial charge in [-0.05, 0) is 19.9 Å². The van der Waals surface area contributed by atoms with Crippen LogP contribution < -0.4 is 5.73 Å².